The second-order valence-corrected chi connectivity index (χ2v) is 4.81. The maximum Gasteiger partial charge on any atom is 0.217 e. The summed E-state index contributed by atoms with van der Waals surface area (Å²) in [7, 11) is 0. The van der Waals surface area contributed by atoms with Crippen molar-refractivity contribution in [2.75, 3.05) is 0 Å². The van der Waals surface area contributed by atoms with Crippen LogP contribution in [-0.2, 0) is 6.54 Å². The van der Waals surface area contributed by atoms with Gasteiger partial charge in [-0.05, 0) is 18.6 Å². The fourth-order valence-corrected chi connectivity index (χ4v) is 2.15. The van der Waals surface area contributed by atoms with Gasteiger partial charge in [0.1, 0.15) is 12.1 Å². The third-order valence-corrected chi connectivity index (χ3v) is 3.17. The maximum absolute atomic E-state index is 6.02. The van der Waals surface area contributed by atoms with Crippen LogP contribution in [0.25, 0.3) is 11.1 Å². The van der Waals surface area contributed by atoms with Crippen molar-refractivity contribution < 1.29 is 4.42 Å². The second kappa shape index (κ2) is 5.42. The molecule has 2 N–H and O–H groups in total. The molecule has 0 radical (unpaired) electrons. The van der Waals surface area contributed by atoms with Gasteiger partial charge in [0.2, 0.25) is 5.89 Å². The molecule has 20 heavy (non-hydrogen) atoms. The van der Waals surface area contributed by atoms with Gasteiger partial charge in [-0.25, -0.2) is 9.67 Å². The summed E-state index contributed by atoms with van der Waals surface area (Å²) in [4.78, 5) is 4.41. The first kappa shape index (κ1) is 12.8. The van der Waals surface area contributed by atoms with Crippen LogP contribution in [0.2, 0.25) is 0 Å². The zero-order chi connectivity index (χ0) is 13.9. The molecule has 3 rings (SSSR count). The SMILES string of the molecule is CCCC(N)c1cn(Cc2nc3ccccc3o2)nn1. The normalized spacial score (nSPS) is 12.9. The van der Waals surface area contributed by atoms with E-state index in [9.17, 15) is 0 Å². The number of hydrogen-bond donors (Lipinski definition) is 1. The van der Waals surface area contributed by atoms with E-state index in [1.165, 1.54) is 0 Å². The minimum absolute atomic E-state index is 0.0580. The van der Waals surface area contributed by atoms with E-state index in [4.69, 9.17) is 10.2 Å². The van der Waals surface area contributed by atoms with Crippen molar-refractivity contribution in [3.63, 3.8) is 0 Å². The number of nitrogens with two attached hydrogens (primary N) is 1. The molecule has 0 aliphatic carbocycles. The number of fused-ring (bicyclic) bond motifs is 1. The van der Waals surface area contributed by atoms with Crippen molar-refractivity contribution in [1.82, 2.24) is 20.0 Å². The van der Waals surface area contributed by atoms with Crippen LogP contribution in [0.15, 0.2) is 34.9 Å². The van der Waals surface area contributed by atoms with Crippen molar-refractivity contribution >= 4 is 11.1 Å². The summed E-state index contributed by atoms with van der Waals surface area (Å²) in [6, 6.07) is 7.63. The van der Waals surface area contributed by atoms with Crippen molar-refractivity contribution in [1.29, 1.82) is 0 Å². The summed E-state index contributed by atoms with van der Waals surface area (Å²) in [6.45, 7) is 2.56. The van der Waals surface area contributed by atoms with Crippen molar-refractivity contribution in [3.05, 3.63) is 42.0 Å². The Morgan fingerprint density at radius 1 is 1.35 bits per heavy atom. The van der Waals surface area contributed by atoms with Crippen LogP contribution in [-0.4, -0.2) is 20.0 Å². The Morgan fingerprint density at radius 3 is 3.00 bits per heavy atom. The lowest BCUT2D eigenvalue weighted by molar-refractivity contribution is 0.485. The minimum atomic E-state index is -0.0580. The van der Waals surface area contributed by atoms with E-state index in [1.54, 1.807) is 4.68 Å². The van der Waals surface area contributed by atoms with E-state index in [0.717, 1.165) is 29.6 Å². The molecule has 1 atom stereocenters. The summed E-state index contributed by atoms with van der Waals surface area (Å²) >= 11 is 0. The number of rotatable bonds is 5. The quantitative estimate of drug-likeness (QED) is 0.769. The molecule has 2 heterocycles. The molecule has 6 heteroatoms. The molecule has 0 saturated carbocycles. The predicted molar refractivity (Wildman–Crippen MR) is 75.0 cm³/mol. The lowest BCUT2D eigenvalue weighted by atomic mass is 10.1. The van der Waals surface area contributed by atoms with E-state index < -0.39 is 0 Å². The number of benzene rings is 1. The molecule has 1 aromatic carbocycles. The molecule has 0 amide bonds. The summed E-state index contributed by atoms with van der Waals surface area (Å²) < 4.78 is 7.36. The number of oxazole rings is 1. The van der Waals surface area contributed by atoms with E-state index >= 15 is 0 Å². The first-order valence-electron chi connectivity index (χ1n) is 6.76. The molecule has 2 aromatic heterocycles. The highest BCUT2D eigenvalue weighted by Crippen LogP contribution is 2.16. The number of hydrogen-bond acceptors (Lipinski definition) is 5. The monoisotopic (exact) mass is 271 g/mol. The van der Waals surface area contributed by atoms with E-state index in [1.807, 2.05) is 30.5 Å². The van der Waals surface area contributed by atoms with Gasteiger partial charge in [-0.3, -0.25) is 0 Å². The molecule has 0 aliphatic heterocycles. The minimum Gasteiger partial charge on any atom is -0.439 e. The largest absolute Gasteiger partial charge is 0.439 e. The van der Waals surface area contributed by atoms with Gasteiger partial charge in [0.15, 0.2) is 5.58 Å². The van der Waals surface area contributed by atoms with Crippen LogP contribution < -0.4 is 5.73 Å². The van der Waals surface area contributed by atoms with Gasteiger partial charge in [-0.2, -0.15) is 0 Å². The maximum atomic E-state index is 6.02. The second-order valence-electron chi connectivity index (χ2n) is 4.81. The topological polar surface area (TPSA) is 82.8 Å². The fourth-order valence-electron chi connectivity index (χ4n) is 2.15. The summed E-state index contributed by atoms with van der Waals surface area (Å²) in [5.41, 5.74) is 8.46. The molecule has 104 valence electrons. The van der Waals surface area contributed by atoms with Gasteiger partial charge in [-0.1, -0.05) is 30.7 Å². The Hall–Kier alpha value is -2.21. The van der Waals surface area contributed by atoms with E-state index in [-0.39, 0.29) is 6.04 Å². The summed E-state index contributed by atoms with van der Waals surface area (Å²) in [5.74, 6) is 0.617. The summed E-state index contributed by atoms with van der Waals surface area (Å²) in [5, 5.41) is 8.17. The zero-order valence-electron chi connectivity index (χ0n) is 11.4. The van der Waals surface area contributed by atoms with Crippen molar-refractivity contribution in [2.24, 2.45) is 5.73 Å². The van der Waals surface area contributed by atoms with Crippen LogP contribution >= 0.6 is 0 Å². The molecule has 0 bridgehead atoms. The van der Waals surface area contributed by atoms with Gasteiger partial charge in [-0.15, -0.1) is 5.10 Å². The standard InChI is InChI=1S/C14H17N5O/c1-2-5-10(15)12-8-19(18-17-12)9-14-16-11-6-3-4-7-13(11)20-14/h3-4,6-8,10H,2,5,9,15H2,1H3. The molecule has 0 saturated heterocycles. The Balaban J connectivity index is 1.77. The van der Waals surface area contributed by atoms with Gasteiger partial charge in [0.05, 0.1) is 17.9 Å². The van der Waals surface area contributed by atoms with Crippen LogP contribution in [0.1, 0.15) is 37.4 Å². The molecular weight excluding hydrogens is 254 g/mol. The third-order valence-electron chi connectivity index (χ3n) is 3.17. The van der Waals surface area contributed by atoms with Gasteiger partial charge < -0.3 is 10.2 Å². The molecule has 1 unspecified atom stereocenters. The average Bonchev–Trinajstić information content (AvgIpc) is 3.05. The van der Waals surface area contributed by atoms with Crippen LogP contribution in [0, 0.1) is 0 Å². The van der Waals surface area contributed by atoms with Gasteiger partial charge in [0.25, 0.3) is 0 Å². The molecule has 6 nitrogen and oxygen atoms in total. The smallest absolute Gasteiger partial charge is 0.217 e. The molecule has 3 aromatic rings. The fraction of sp³-hybridized carbons (Fsp3) is 0.357. The van der Waals surface area contributed by atoms with Crippen molar-refractivity contribution in [3.8, 4) is 0 Å². The van der Waals surface area contributed by atoms with Crippen molar-refractivity contribution in [2.45, 2.75) is 32.4 Å². The highest BCUT2D eigenvalue weighted by molar-refractivity contribution is 5.72. The Morgan fingerprint density at radius 2 is 2.20 bits per heavy atom. The van der Waals surface area contributed by atoms with Crippen LogP contribution in [0.5, 0.6) is 0 Å². The Labute approximate surface area is 116 Å². The number of aromatic nitrogens is 4. The third kappa shape index (κ3) is 2.55. The first-order chi connectivity index (χ1) is 9.76. The van der Waals surface area contributed by atoms with E-state index in [2.05, 4.69) is 22.2 Å². The van der Waals surface area contributed by atoms with Crippen LogP contribution in [0.4, 0.5) is 0 Å². The number of para-hydroxylation sites is 2. The van der Waals surface area contributed by atoms with Gasteiger partial charge >= 0.3 is 0 Å². The first-order valence-corrected chi connectivity index (χ1v) is 6.76. The lowest BCUT2D eigenvalue weighted by Crippen LogP contribution is -2.10. The van der Waals surface area contributed by atoms with Gasteiger partial charge in [0, 0.05) is 0 Å². The number of nitrogens with zero attached hydrogens (tertiary/aromatic N) is 4. The molecular formula is C14H17N5O. The molecule has 0 spiro atoms. The zero-order valence-corrected chi connectivity index (χ0v) is 11.4. The van der Waals surface area contributed by atoms with E-state index in [0.29, 0.717) is 12.4 Å². The predicted octanol–water partition coefficient (Wildman–Crippen LogP) is 2.27. The van der Waals surface area contributed by atoms with Crippen LogP contribution in [0.3, 0.4) is 0 Å². The Bertz CT molecular complexity index is 669. The lowest BCUT2D eigenvalue weighted by Gasteiger charge is -2.04. The Kier molecular flexibility index (Phi) is 3.47. The molecule has 0 aliphatic rings. The average molecular weight is 271 g/mol. The molecule has 0 fully saturated rings. The summed E-state index contributed by atoms with van der Waals surface area (Å²) in [6.07, 6.45) is 3.79. The highest BCUT2D eigenvalue weighted by Gasteiger charge is 2.11. The highest BCUT2D eigenvalue weighted by atomic mass is 16.3.